The summed E-state index contributed by atoms with van der Waals surface area (Å²) in [5.74, 6) is -16.1. The van der Waals surface area contributed by atoms with Gasteiger partial charge in [-0.3, -0.25) is 81.5 Å². The Morgan fingerprint density at radius 3 is 1.67 bits per heavy atom. The number of likely N-dealkylation sites (N-methyl/N-ethyl adjacent to an activating group) is 3. The number of unbranched alkanes of at least 4 members (excludes halogenated alkanes) is 3. The maximum atomic E-state index is 15.6. The molecule has 17 amide bonds. The van der Waals surface area contributed by atoms with Crippen LogP contribution in [0.2, 0.25) is 0 Å². The number of aromatic amines is 2. The minimum Gasteiger partial charge on any atom is -0.508 e. The molecular weight excluding hydrogens is 1710 g/mol. The van der Waals surface area contributed by atoms with Crippen LogP contribution < -0.4 is 70.0 Å². The highest BCUT2D eigenvalue weighted by molar-refractivity contribution is 8.00. The molecule has 0 spiro atoms. The Bertz CT molecular complexity index is 4850. The van der Waals surface area contributed by atoms with Crippen molar-refractivity contribution < 1.29 is 91.7 Å². The zero-order valence-electron chi connectivity index (χ0n) is 76.6. The first kappa shape index (κ1) is 104. The van der Waals surface area contributed by atoms with Crippen molar-refractivity contribution in [2.45, 2.75) is 249 Å². The summed E-state index contributed by atoms with van der Waals surface area (Å²) in [4.78, 5) is 261. The van der Waals surface area contributed by atoms with Crippen molar-refractivity contribution in [2.24, 2.45) is 23.3 Å². The van der Waals surface area contributed by atoms with Gasteiger partial charge in [-0.05, 0) is 105 Å². The van der Waals surface area contributed by atoms with Crippen LogP contribution >= 0.6 is 11.8 Å². The first-order chi connectivity index (χ1) is 62.4. The molecule has 5 aromatic rings. The number of hydrogen-bond donors (Lipinski definition) is 17. The van der Waals surface area contributed by atoms with Gasteiger partial charge in [-0.1, -0.05) is 129 Å². The smallest absolute Gasteiger partial charge is 0.246 e. The van der Waals surface area contributed by atoms with Crippen molar-refractivity contribution >= 4 is 134 Å². The highest BCUT2D eigenvalue weighted by Gasteiger charge is 2.46. The van der Waals surface area contributed by atoms with Gasteiger partial charge < -0.3 is 115 Å². The molecule has 0 bridgehead atoms. The van der Waals surface area contributed by atoms with Crippen LogP contribution in [-0.4, -0.2) is 302 Å². The number of carbonyl (C=O) groups excluding carboxylic acids is 17. The quantitative estimate of drug-likeness (QED) is 0.0340. The van der Waals surface area contributed by atoms with E-state index < -0.39 is 223 Å². The van der Waals surface area contributed by atoms with Gasteiger partial charge in [-0.25, -0.2) is 0 Å². The van der Waals surface area contributed by atoms with E-state index in [1.807, 2.05) is 39.0 Å². The molecule has 19 N–H and O–H groups in total. The van der Waals surface area contributed by atoms with Crippen LogP contribution in [0.1, 0.15) is 162 Å². The Kier molecular flexibility index (Phi) is 40.0. The molecule has 0 saturated carbocycles. The lowest BCUT2D eigenvalue weighted by Gasteiger charge is -2.36. The minimum atomic E-state index is -1.75. The van der Waals surface area contributed by atoms with Crippen LogP contribution in [-0.2, 0) is 101 Å². The number of nitrogens with one attached hydrogen (secondary N) is 13. The second-order valence-electron chi connectivity index (χ2n) is 34.8. The molecule has 3 aromatic carbocycles. The van der Waals surface area contributed by atoms with Crippen molar-refractivity contribution in [1.29, 1.82) is 0 Å². The molecule has 0 aliphatic carbocycles. The first-order valence-electron chi connectivity index (χ1n) is 45.1. The minimum absolute atomic E-state index is 0.00447. The predicted molar refractivity (Wildman–Crippen MR) is 490 cm³/mol. The third-order valence-corrected chi connectivity index (χ3v) is 24.8. The van der Waals surface area contributed by atoms with Crippen molar-refractivity contribution in [3.05, 3.63) is 102 Å². The molecule has 3 aliphatic heterocycles. The predicted octanol–water partition coefficient (Wildman–Crippen LogP) is -0.0830. The van der Waals surface area contributed by atoms with E-state index in [-0.39, 0.29) is 94.1 Å². The largest absolute Gasteiger partial charge is 0.508 e. The highest BCUT2D eigenvalue weighted by atomic mass is 32.2. The number of aliphatic hydroxyl groups is 1. The van der Waals surface area contributed by atoms with E-state index >= 15 is 24.0 Å². The molecule has 0 radical (unpaired) electrons. The van der Waals surface area contributed by atoms with Gasteiger partial charge in [0.05, 0.1) is 31.4 Å². The molecule has 1 unspecified atom stereocenters. The molecule has 3 saturated heterocycles. The lowest BCUT2D eigenvalue weighted by atomic mass is 9.99. The number of phenols is 1. The number of nitrogens with zero attached hydrogens (tertiary/aromatic N) is 5. The number of H-pyrrole nitrogens is 2. The zero-order chi connectivity index (χ0) is 96.0. The van der Waals surface area contributed by atoms with E-state index in [0.717, 1.165) is 32.9 Å². The van der Waals surface area contributed by atoms with Crippen molar-refractivity contribution in [3.63, 3.8) is 0 Å². The van der Waals surface area contributed by atoms with Crippen LogP contribution in [0.25, 0.3) is 21.8 Å². The number of para-hydroxylation sites is 2. The number of benzene rings is 3. The van der Waals surface area contributed by atoms with E-state index in [4.69, 9.17) is 11.5 Å². The normalized spacial score (nSPS) is 24.7. The van der Waals surface area contributed by atoms with E-state index in [1.165, 1.54) is 62.1 Å². The number of amides is 17. The van der Waals surface area contributed by atoms with E-state index in [1.54, 1.807) is 70.4 Å². The number of rotatable bonds is 25. The molecule has 40 heteroatoms. The summed E-state index contributed by atoms with van der Waals surface area (Å²) >= 11 is 0.837. The number of aliphatic hydroxyl groups excluding tert-OH is 1. The van der Waals surface area contributed by atoms with E-state index in [2.05, 4.69) is 68.5 Å². The van der Waals surface area contributed by atoms with Crippen LogP contribution in [0, 0.1) is 11.8 Å². The summed E-state index contributed by atoms with van der Waals surface area (Å²) in [7, 11) is 4.06. The maximum absolute atomic E-state index is 15.6. The van der Waals surface area contributed by atoms with E-state index in [9.17, 15) is 67.7 Å². The Balaban J connectivity index is 1.17. The Hall–Kier alpha value is -12.2. The van der Waals surface area contributed by atoms with Gasteiger partial charge in [0, 0.05) is 113 Å². The van der Waals surface area contributed by atoms with Gasteiger partial charge in [-0.15, -0.1) is 11.8 Å². The molecule has 716 valence electrons. The first-order valence-corrected chi connectivity index (χ1v) is 46.3. The van der Waals surface area contributed by atoms with Crippen LogP contribution in [0.5, 0.6) is 5.75 Å². The van der Waals surface area contributed by atoms with Gasteiger partial charge in [0.1, 0.15) is 84.3 Å². The highest BCUT2D eigenvalue weighted by Crippen LogP contribution is 2.28. The molecule has 14 atom stereocenters. The number of nitrogens with two attached hydrogens (primary N) is 2. The standard InChI is InChI=1S/C91H132N20O19S/c1-12-15-27-71-84(123)101-63(36-51(4)5)82(121)106-70(81(120)97-46-76(115)94-34-17-14-3)49-131-50-78(117)100-66(38-54-30-32-57(112)33-31-54)87(126)107(9)53(8)79(118)103-68(42-75(93)114)89(128)110-35-22-29-72(110)85(124)105-69(43-92)83(122)104-65(37-52(6)7)90(129)111-48-58(113)41-74(111)86(125)102-64(39-55-44-95-61-25-20-18-23-59(55)61)80(119)98-47-77(116)99-67(40-56-45-96-62-26-21-19-24-60(56)62)88(127)109(11)73(28-16-13-2)91(130)108(71)10/h18-21,23-26,30-33,44-45,51-53,58,63-74,95-96,112-113H,12-17,22,27-29,34-43,46-50,92H2,1-11H3,(H2,93,114)(H,94,115)(H,97,120)(H,98,119)(H,99,116)(H,100,117)(H,101,123)(H,102,125)(H,103,118)(H,104,122)(H,105,124)(H,106,121)/t53-,58+,63-,64-,65-,66-,67?,68-,69-,70-,71-,72-,73-,74-/m0/s1. The van der Waals surface area contributed by atoms with Gasteiger partial charge in [0.25, 0.3) is 0 Å². The maximum Gasteiger partial charge on any atom is 0.246 e. The summed E-state index contributed by atoms with van der Waals surface area (Å²) < 4.78 is 0. The van der Waals surface area contributed by atoms with Crippen molar-refractivity contribution in [1.82, 2.24) is 93.0 Å². The van der Waals surface area contributed by atoms with Crippen LogP contribution in [0.4, 0.5) is 0 Å². The third-order valence-electron chi connectivity index (χ3n) is 23.8. The molecule has 3 fully saturated rings. The average molecular weight is 1840 g/mol. The summed E-state index contributed by atoms with van der Waals surface area (Å²) in [6.45, 7) is 12.0. The summed E-state index contributed by atoms with van der Waals surface area (Å²) in [6.07, 6.45) is 3.80. The summed E-state index contributed by atoms with van der Waals surface area (Å²) in [5, 5.41) is 52.5. The van der Waals surface area contributed by atoms with E-state index in [0.29, 0.717) is 77.1 Å². The molecule has 5 heterocycles. The number of thioether (sulfide) groups is 1. The number of aromatic nitrogens is 2. The van der Waals surface area contributed by atoms with Gasteiger partial charge in [0.15, 0.2) is 0 Å². The molecule has 8 rings (SSSR count). The summed E-state index contributed by atoms with van der Waals surface area (Å²) in [6, 6.07) is 1.05. The van der Waals surface area contributed by atoms with Gasteiger partial charge >= 0.3 is 0 Å². The fourth-order valence-corrected chi connectivity index (χ4v) is 17.2. The molecule has 131 heavy (non-hydrogen) atoms. The second kappa shape index (κ2) is 50.3. The SMILES string of the molecule is CCCCNC(=O)CNC(=O)[C@@H]1CSCC(=O)N[C@@H](Cc2ccc(O)cc2)C(=O)N(C)[C@@H](C)C(=O)N[C@@H](CC(N)=O)C(=O)N2CCC[C@H]2C(=O)N[C@@H](CN)C(=O)N[C@@H](CC(C)C)C(=O)N2C[C@H](O)C[C@H]2C(=O)N[C@@H](Cc2c[nH]c3ccccc23)C(=O)NCC(=O)NC(Cc2c[nH]c3ccccc23)C(=O)N(C)[C@@H](CCCC)C(=O)N(C)[C@@H](CCCC)C(=O)N[C@@H](CC(C)C)C(=O)N1. The fraction of sp³-hybridized carbons (Fsp3) is 0.571. The Morgan fingerprint density at radius 1 is 0.534 bits per heavy atom. The number of hydrogen-bond acceptors (Lipinski definition) is 21. The number of carbonyl (C=O) groups is 17. The average Bonchev–Trinajstić information content (AvgIpc) is 1.61. The Morgan fingerprint density at radius 2 is 1.06 bits per heavy atom. The summed E-state index contributed by atoms with van der Waals surface area (Å²) in [5.41, 5.74) is 14.8. The number of aromatic hydroxyl groups is 1. The Labute approximate surface area is 766 Å². The topological polar surface area (TPSA) is 563 Å². The van der Waals surface area contributed by atoms with Crippen molar-refractivity contribution in [2.75, 3.05) is 71.9 Å². The van der Waals surface area contributed by atoms with Crippen LogP contribution in [0.15, 0.2) is 85.2 Å². The molecule has 39 nitrogen and oxygen atoms in total. The second-order valence-corrected chi connectivity index (χ2v) is 35.9. The lowest BCUT2D eigenvalue weighted by molar-refractivity contribution is -0.149. The zero-order valence-corrected chi connectivity index (χ0v) is 77.4. The van der Waals surface area contributed by atoms with Crippen molar-refractivity contribution in [3.8, 4) is 5.75 Å². The monoisotopic (exact) mass is 1840 g/mol. The number of fused-ring (bicyclic) bond motifs is 4. The third kappa shape index (κ3) is 29.7. The molecule has 3 aliphatic rings. The lowest BCUT2D eigenvalue weighted by Crippen LogP contribution is -2.61. The van der Waals surface area contributed by atoms with Gasteiger partial charge in [0.2, 0.25) is 100 Å². The molecule has 2 aromatic heterocycles. The number of primary amides is 1. The van der Waals surface area contributed by atoms with Gasteiger partial charge in [-0.2, -0.15) is 0 Å². The fourth-order valence-electron chi connectivity index (χ4n) is 16.4. The van der Waals surface area contributed by atoms with Crippen LogP contribution in [0.3, 0.4) is 0 Å². The molecular formula is C91H132N20O19S. The number of phenolic OH excluding ortho intramolecular Hbond substituents is 1.